The number of carbonyl (C=O) groups excluding carboxylic acids is 1. The molecule has 0 fully saturated rings. The van der Waals surface area contributed by atoms with Gasteiger partial charge in [0.05, 0.1) is 16.9 Å². The Kier molecular flexibility index (Phi) is 6.24. The summed E-state index contributed by atoms with van der Waals surface area (Å²) in [4.78, 5) is 22.5. The molecule has 0 saturated heterocycles. The SMILES string of the molecule is CSc1ccc(-c2csc(NC(=O)c3cccc(OCc4cscn4)c3)n2)cc1. The first-order chi connectivity index (χ1) is 14.2. The van der Waals surface area contributed by atoms with Crippen LogP contribution in [0.5, 0.6) is 5.75 Å². The van der Waals surface area contributed by atoms with Crippen molar-refractivity contribution in [1.82, 2.24) is 9.97 Å². The van der Waals surface area contributed by atoms with Crippen LogP contribution in [0.2, 0.25) is 0 Å². The fourth-order valence-corrected chi connectivity index (χ4v) is 4.25. The molecule has 0 saturated carbocycles. The smallest absolute Gasteiger partial charge is 0.257 e. The highest BCUT2D eigenvalue weighted by molar-refractivity contribution is 7.98. The molecule has 4 rings (SSSR count). The predicted octanol–water partition coefficient (Wildman–Crippen LogP) is 5.82. The minimum Gasteiger partial charge on any atom is -0.487 e. The molecule has 4 aromatic rings. The van der Waals surface area contributed by atoms with Crippen LogP contribution in [0.15, 0.2) is 69.7 Å². The molecule has 8 heteroatoms. The summed E-state index contributed by atoms with van der Waals surface area (Å²) in [6.45, 7) is 0.375. The Bertz CT molecular complexity index is 1090. The van der Waals surface area contributed by atoms with E-state index in [4.69, 9.17) is 4.74 Å². The maximum atomic E-state index is 12.6. The zero-order valence-electron chi connectivity index (χ0n) is 15.5. The van der Waals surface area contributed by atoms with Crippen LogP contribution in [0, 0.1) is 0 Å². The number of aromatic nitrogens is 2. The summed E-state index contributed by atoms with van der Waals surface area (Å²) in [6, 6.07) is 15.3. The van der Waals surface area contributed by atoms with Gasteiger partial charge in [0.15, 0.2) is 5.13 Å². The first-order valence-corrected chi connectivity index (χ1v) is 11.8. The largest absolute Gasteiger partial charge is 0.487 e. The van der Waals surface area contributed by atoms with Gasteiger partial charge in [-0.3, -0.25) is 10.1 Å². The van der Waals surface area contributed by atoms with Gasteiger partial charge in [-0.1, -0.05) is 18.2 Å². The monoisotopic (exact) mass is 439 g/mol. The Morgan fingerprint density at radius 1 is 1.17 bits per heavy atom. The van der Waals surface area contributed by atoms with Crippen molar-refractivity contribution in [2.24, 2.45) is 0 Å². The Balaban J connectivity index is 1.41. The third-order valence-electron chi connectivity index (χ3n) is 4.08. The fraction of sp³-hybridized carbons (Fsp3) is 0.0952. The Labute approximate surface area is 180 Å². The van der Waals surface area contributed by atoms with E-state index in [0.29, 0.717) is 23.1 Å². The quantitative estimate of drug-likeness (QED) is 0.368. The summed E-state index contributed by atoms with van der Waals surface area (Å²) in [6.07, 6.45) is 2.05. The van der Waals surface area contributed by atoms with Gasteiger partial charge in [-0.05, 0) is 36.6 Å². The van der Waals surface area contributed by atoms with Crippen LogP contribution >= 0.6 is 34.4 Å². The highest BCUT2D eigenvalue weighted by Crippen LogP contribution is 2.27. The van der Waals surface area contributed by atoms with Crippen molar-refractivity contribution in [2.75, 3.05) is 11.6 Å². The van der Waals surface area contributed by atoms with Crippen LogP contribution in [0.4, 0.5) is 5.13 Å². The van der Waals surface area contributed by atoms with Crippen LogP contribution < -0.4 is 10.1 Å². The van der Waals surface area contributed by atoms with E-state index in [-0.39, 0.29) is 5.91 Å². The van der Waals surface area contributed by atoms with E-state index in [0.717, 1.165) is 17.0 Å². The lowest BCUT2D eigenvalue weighted by atomic mass is 10.2. The van der Waals surface area contributed by atoms with Gasteiger partial charge in [0, 0.05) is 26.8 Å². The highest BCUT2D eigenvalue weighted by atomic mass is 32.2. The number of nitrogens with zero attached hydrogens (tertiary/aromatic N) is 2. The molecule has 1 N–H and O–H groups in total. The van der Waals surface area contributed by atoms with E-state index >= 15 is 0 Å². The molecule has 0 aliphatic carbocycles. The van der Waals surface area contributed by atoms with Gasteiger partial charge in [0.1, 0.15) is 12.4 Å². The average molecular weight is 440 g/mol. The molecule has 0 spiro atoms. The second kappa shape index (κ2) is 9.21. The lowest BCUT2D eigenvalue weighted by Gasteiger charge is -2.07. The molecule has 2 aromatic carbocycles. The van der Waals surface area contributed by atoms with Crippen molar-refractivity contribution in [3.63, 3.8) is 0 Å². The lowest BCUT2D eigenvalue weighted by molar-refractivity contribution is 0.102. The van der Waals surface area contributed by atoms with Crippen molar-refractivity contribution in [3.05, 3.63) is 76.1 Å². The average Bonchev–Trinajstić information content (AvgIpc) is 3.45. The van der Waals surface area contributed by atoms with Crippen LogP contribution in [-0.4, -0.2) is 22.1 Å². The number of thioether (sulfide) groups is 1. The topological polar surface area (TPSA) is 64.1 Å². The molecule has 2 heterocycles. The molecule has 0 bridgehead atoms. The van der Waals surface area contributed by atoms with Crippen LogP contribution in [0.1, 0.15) is 16.1 Å². The van der Waals surface area contributed by atoms with Crippen molar-refractivity contribution < 1.29 is 9.53 Å². The molecule has 2 aromatic heterocycles. The van der Waals surface area contributed by atoms with E-state index in [2.05, 4.69) is 27.4 Å². The minimum absolute atomic E-state index is 0.220. The number of rotatable bonds is 7. The van der Waals surface area contributed by atoms with Crippen molar-refractivity contribution >= 4 is 45.5 Å². The molecule has 0 aliphatic heterocycles. The first kappa shape index (κ1) is 19.6. The van der Waals surface area contributed by atoms with Gasteiger partial charge in [0.25, 0.3) is 5.91 Å². The Morgan fingerprint density at radius 3 is 2.79 bits per heavy atom. The number of benzene rings is 2. The van der Waals surface area contributed by atoms with E-state index in [1.165, 1.54) is 27.6 Å². The molecule has 0 radical (unpaired) electrons. The van der Waals surface area contributed by atoms with Crippen LogP contribution in [-0.2, 0) is 6.61 Å². The van der Waals surface area contributed by atoms with E-state index < -0.39 is 0 Å². The van der Waals surface area contributed by atoms with Crippen molar-refractivity contribution in [2.45, 2.75) is 11.5 Å². The Hall–Kier alpha value is -2.68. The third kappa shape index (κ3) is 5.03. The summed E-state index contributed by atoms with van der Waals surface area (Å²) in [5, 5.41) is 7.31. The van der Waals surface area contributed by atoms with Crippen LogP contribution in [0.3, 0.4) is 0 Å². The molecule has 1 amide bonds. The molecule has 29 heavy (non-hydrogen) atoms. The number of hydrogen-bond acceptors (Lipinski definition) is 7. The highest BCUT2D eigenvalue weighted by Gasteiger charge is 2.11. The zero-order valence-corrected chi connectivity index (χ0v) is 17.9. The molecule has 146 valence electrons. The molecule has 0 atom stereocenters. The van der Waals surface area contributed by atoms with Gasteiger partial charge in [-0.25, -0.2) is 9.97 Å². The van der Waals surface area contributed by atoms with Gasteiger partial charge < -0.3 is 4.74 Å². The second-order valence-corrected chi connectivity index (χ2v) is 8.47. The van der Waals surface area contributed by atoms with E-state index in [9.17, 15) is 4.79 Å². The summed E-state index contributed by atoms with van der Waals surface area (Å²) in [5.74, 6) is 0.405. The van der Waals surface area contributed by atoms with Crippen LogP contribution in [0.25, 0.3) is 11.3 Å². The summed E-state index contributed by atoms with van der Waals surface area (Å²) in [5.41, 5.74) is 5.02. The molecule has 0 unspecified atom stereocenters. The van der Waals surface area contributed by atoms with Gasteiger partial charge in [-0.2, -0.15) is 0 Å². The molecule has 5 nitrogen and oxygen atoms in total. The number of carbonyl (C=O) groups is 1. The Morgan fingerprint density at radius 2 is 2.03 bits per heavy atom. The number of ether oxygens (including phenoxy) is 1. The maximum Gasteiger partial charge on any atom is 0.257 e. The number of anilines is 1. The zero-order chi connectivity index (χ0) is 20.1. The van der Waals surface area contributed by atoms with Gasteiger partial charge >= 0.3 is 0 Å². The lowest BCUT2D eigenvalue weighted by Crippen LogP contribution is -2.11. The standard InChI is InChI=1S/C21H17N3O2S3/c1-27-18-7-5-14(6-8-18)19-12-29-21(23-19)24-20(25)15-3-2-4-17(9-15)26-10-16-11-28-13-22-16/h2-9,11-13H,10H2,1H3,(H,23,24,25). The van der Waals surface area contributed by atoms with E-state index in [1.807, 2.05) is 35.2 Å². The summed E-state index contributed by atoms with van der Waals surface area (Å²) in [7, 11) is 0. The molecular formula is C21H17N3O2S3. The summed E-state index contributed by atoms with van der Waals surface area (Å²) >= 11 is 4.63. The van der Waals surface area contributed by atoms with Crippen molar-refractivity contribution in [1.29, 1.82) is 0 Å². The number of nitrogens with one attached hydrogen (secondary N) is 1. The fourth-order valence-electron chi connectivity index (χ4n) is 2.59. The third-order valence-corrected chi connectivity index (χ3v) is 6.21. The minimum atomic E-state index is -0.220. The van der Waals surface area contributed by atoms with E-state index in [1.54, 1.807) is 35.5 Å². The number of thiazole rings is 2. The number of amides is 1. The van der Waals surface area contributed by atoms with Crippen molar-refractivity contribution in [3.8, 4) is 17.0 Å². The summed E-state index contributed by atoms with van der Waals surface area (Å²) < 4.78 is 5.72. The predicted molar refractivity (Wildman–Crippen MR) is 120 cm³/mol. The van der Waals surface area contributed by atoms with Gasteiger partial charge in [-0.15, -0.1) is 34.4 Å². The second-order valence-electron chi connectivity index (χ2n) is 6.02. The molecule has 0 aliphatic rings. The normalized spacial score (nSPS) is 10.7. The maximum absolute atomic E-state index is 12.6. The number of hydrogen-bond donors (Lipinski definition) is 1. The first-order valence-electron chi connectivity index (χ1n) is 8.72. The molecular weight excluding hydrogens is 422 g/mol. The van der Waals surface area contributed by atoms with Gasteiger partial charge in [0.2, 0.25) is 0 Å².